The predicted octanol–water partition coefficient (Wildman–Crippen LogP) is 3.82. The van der Waals surface area contributed by atoms with Gasteiger partial charge in [-0.2, -0.15) is 0 Å². The maximum atomic E-state index is 13.4. The summed E-state index contributed by atoms with van der Waals surface area (Å²) in [5.74, 6) is -0.243. The number of fused-ring (bicyclic) bond motifs is 1. The van der Waals surface area contributed by atoms with Crippen molar-refractivity contribution in [2.75, 3.05) is 0 Å². The lowest BCUT2D eigenvalue weighted by Crippen LogP contribution is -2.31. The molecule has 27 heavy (non-hydrogen) atoms. The van der Waals surface area contributed by atoms with E-state index in [2.05, 4.69) is 9.97 Å². The molecule has 1 unspecified atom stereocenters. The monoisotopic (exact) mass is 381 g/mol. The van der Waals surface area contributed by atoms with Gasteiger partial charge in [-0.3, -0.25) is 14.3 Å². The average molecular weight is 381 g/mol. The van der Waals surface area contributed by atoms with Crippen molar-refractivity contribution in [3.8, 4) is 22.7 Å². The van der Waals surface area contributed by atoms with E-state index in [4.69, 9.17) is 4.42 Å². The number of aromatic nitrogens is 3. The first-order valence-electron chi connectivity index (χ1n) is 8.32. The smallest absolute Gasteiger partial charge is 0.326 e. The number of carboxylic acid groups (broad SMARTS) is 1. The summed E-state index contributed by atoms with van der Waals surface area (Å²) in [5.41, 5.74) is 0.800. The van der Waals surface area contributed by atoms with E-state index in [1.165, 1.54) is 22.2 Å². The topological polar surface area (TPSA) is 98.2 Å². The van der Waals surface area contributed by atoms with E-state index in [9.17, 15) is 14.7 Å². The van der Waals surface area contributed by atoms with Crippen LogP contribution in [0.25, 0.3) is 32.9 Å². The zero-order valence-electron chi connectivity index (χ0n) is 14.3. The summed E-state index contributed by atoms with van der Waals surface area (Å²) in [4.78, 5) is 34.5. The van der Waals surface area contributed by atoms with Crippen molar-refractivity contribution in [3.05, 3.63) is 58.7 Å². The molecule has 0 bridgehead atoms. The maximum absolute atomic E-state index is 13.4. The Kier molecular flexibility index (Phi) is 4.33. The fraction of sp³-hybridized carbons (Fsp3) is 0.158. The van der Waals surface area contributed by atoms with Gasteiger partial charge < -0.3 is 9.52 Å². The van der Waals surface area contributed by atoms with Crippen LogP contribution in [0.3, 0.4) is 0 Å². The largest absolute Gasteiger partial charge is 0.480 e. The van der Waals surface area contributed by atoms with Crippen LogP contribution in [0.1, 0.15) is 19.4 Å². The van der Waals surface area contributed by atoms with Crippen LogP contribution in [-0.2, 0) is 4.79 Å². The van der Waals surface area contributed by atoms with Crippen LogP contribution in [0.4, 0.5) is 0 Å². The second-order valence-corrected chi connectivity index (χ2v) is 6.78. The Morgan fingerprint density at radius 2 is 2.22 bits per heavy atom. The molecule has 136 valence electrons. The van der Waals surface area contributed by atoms with Gasteiger partial charge in [0.05, 0.1) is 11.6 Å². The molecule has 7 nitrogen and oxygen atoms in total. The zero-order chi connectivity index (χ0) is 19.0. The number of aliphatic carboxylic acids is 1. The van der Waals surface area contributed by atoms with Crippen molar-refractivity contribution in [1.29, 1.82) is 0 Å². The van der Waals surface area contributed by atoms with Gasteiger partial charge >= 0.3 is 5.97 Å². The van der Waals surface area contributed by atoms with E-state index in [0.717, 1.165) is 0 Å². The fourth-order valence-electron chi connectivity index (χ4n) is 3.07. The Balaban J connectivity index is 2.09. The fourth-order valence-corrected chi connectivity index (χ4v) is 3.99. The van der Waals surface area contributed by atoms with Crippen molar-refractivity contribution in [3.63, 3.8) is 0 Å². The molecular formula is C19H15N3O4S. The summed E-state index contributed by atoms with van der Waals surface area (Å²) in [6.45, 7) is 1.73. The molecule has 0 radical (unpaired) electrons. The minimum absolute atomic E-state index is 0.246. The standard InChI is InChI=1S/C19H15N3O4S/c1-2-13(19(24)25)22-16(11-5-3-7-20-9-11)21-17-15(18(22)23)12(10-27-17)14-6-4-8-26-14/h3-10,13H,2H2,1H3,(H,24,25). The molecule has 0 fully saturated rings. The SMILES string of the molecule is CCC(C(=O)O)n1c(-c2cccnc2)nc2scc(-c3ccco3)c2c1=O. The van der Waals surface area contributed by atoms with Gasteiger partial charge in [0.1, 0.15) is 22.5 Å². The highest BCUT2D eigenvalue weighted by Crippen LogP contribution is 2.33. The van der Waals surface area contributed by atoms with Gasteiger partial charge in [0.2, 0.25) is 0 Å². The number of carbonyl (C=O) groups is 1. The molecule has 0 amide bonds. The average Bonchev–Trinajstić information content (AvgIpc) is 3.33. The molecule has 0 aromatic carbocycles. The van der Waals surface area contributed by atoms with Crippen molar-refractivity contribution < 1.29 is 14.3 Å². The number of nitrogens with zero attached hydrogens (tertiary/aromatic N) is 3. The number of thiophene rings is 1. The van der Waals surface area contributed by atoms with E-state index in [1.54, 1.807) is 49.0 Å². The van der Waals surface area contributed by atoms with E-state index in [-0.39, 0.29) is 6.42 Å². The molecule has 0 aliphatic carbocycles. The highest BCUT2D eigenvalue weighted by atomic mass is 32.1. The number of furan rings is 1. The van der Waals surface area contributed by atoms with Gasteiger partial charge in [0, 0.05) is 28.9 Å². The Morgan fingerprint density at radius 1 is 1.37 bits per heavy atom. The Morgan fingerprint density at radius 3 is 2.85 bits per heavy atom. The third-order valence-electron chi connectivity index (χ3n) is 4.33. The van der Waals surface area contributed by atoms with Crippen molar-refractivity contribution in [2.45, 2.75) is 19.4 Å². The predicted molar refractivity (Wildman–Crippen MR) is 102 cm³/mol. The summed E-state index contributed by atoms with van der Waals surface area (Å²) in [7, 11) is 0. The van der Waals surface area contributed by atoms with Gasteiger partial charge in [0.15, 0.2) is 0 Å². The lowest BCUT2D eigenvalue weighted by Gasteiger charge is -2.18. The second kappa shape index (κ2) is 6.81. The molecule has 1 N–H and O–H groups in total. The van der Waals surface area contributed by atoms with Crippen LogP contribution in [0.15, 0.2) is 57.5 Å². The number of hydrogen-bond acceptors (Lipinski definition) is 6. The highest BCUT2D eigenvalue weighted by molar-refractivity contribution is 7.17. The number of pyridine rings is 1. The molecule has 1 atom stereocenters. The Hall–Kier alpha value is -3.26. The molecule has 0 saturated carbocycles. The summed E-state index contributed by atoms with van der Waals surface area (Å²) in [6.07, 6.45) is 4.95. The zero-order valence-corrected chi connectivity index (χ0v) is 15.1. The lowest BCUT2D eigenvalue weighted by molar-refractivity contribution is -0.141. The Labute approximate surface area is 157 Å². The molecule has 4 aromatic rings. The van der Waals surface area contributed by atoms with Gasteiger partial charge in [-0.1, -0.05) is 6.92 Å². The van der Waals surface area contributed by atoms with Crippen LogP contribution < -0.4 is 5.56 Å². The van der Waals surface area contributed by atoms with Crippen LogP contribution in [0, 0.1) is 0 Å². The van der Waals surface area contributed by atoms with Crippen LogP contribution in [0.2, 0.25) is 0 Å². The molecule has 0 saturated heterocycles. The molecule has 0 spiro atoms. The van der Waals surface area contributed by atoms with Crippen LogP contribution in [-0.4, -0.2) is 25.6 Å². The molecule has 8 heteroatoms. The first-order valence-corrected chi connectivity index (χ1v) is 9.20. The maximum Gasteiger partial charge on any atom is 0.326 e. The van der Waals surface area contributed by atoms with Gasteiger partial charge in [0.25, 0.3) is 5.56 Å². The summed E-state index contributed by atoms with van der Waals surface area (Å²) in [6, 6.07) is 5.94. The van der Waals surface area contributed by atoms with Crippen LogP contribution in [0.5, 0.6) is 0 Å². The number of rotatable bonds is 5. The minimum atomic E-state index is -1.08. The van der Waals surface area contributed by atoms with Gasteiger partial charge in [-0.15, -0.1) is 11.3 Å². The third-order valence-corrected chi connectivity index (χ3v) is 5.20. The molecule has 0 aliphatic rings. The summed E-state index contributed by atoms with van der Waals surface area (Å²) in [5, 5.41) is 11.8. The molecule has 4 aromatic heterocycles. The highest BCUT2D eigenvalue weighted by Gasteiger charge is 2.26. The van der Waals surface area contributed by atoms with Crippen molar-refractivity contribution in [1.82, 2.24) is 14.5 Å². The molecule has 0 aliphatic heterocycles. The summed E-state index contributed by atoms with van der Waals surface area (Å²) >= 11 is 1.32. The van der Waals surface area contributed by atoms with Crippen molar-refractivity contribution in [2.24, 2.45) is 0 Å². The number of hydrogen-bond donors (Lipinski definition) is 1. The quantitative estimate of drug-likeness (QED) is 0.564. The first-order chi connectivity index (χ1) is 13.1. The molecule has 4 rings (SSSR count). The van der Waals surface area contributed by atoms with Crippen molar-refractivity contribution >= 4 is 27.5 Å². The van der Waals surface area contributed by atoms with Gasteiger partial charge in [-0.05, 0) is 30.7 Å². The van der Waals surface area contributed by atoms with Crippen LogP contribution >= 0.6 is 11.3 Å². The minimum Gasteiger partial charge on any atom is -0.480 e. The number of carboxylic acids is 1. The first kappa shape index (κ1) is 17.2. The second-order valence-electron chi connectivity index (χ2n) is 5.92. The van der Waals surface area contributed by atoms with Gasteiger partial charge in [-0.25, -0.2) is 9.78 Å². The van der Waals surface area contributed by atoms with E-state index in [0.29, 0.717) is 32.9 Å². The molecule has 4 heterocycles. The lowest BCUT2D eigenvalue weighted by atomic mass is 10.1. The normalized spacial score (nSPS) is 12.3. The molecular weight excluding hydrogens is 366 g/mol. The van der Waals surface area contributed by atoms with E-state index >= 15 is 0 Å². The van der Waals surface area contributed by atoms with E-state index in [1.807, 2.05) is 0 Å². The third kappa shape index (κ3) is 2.83. The van der Waals surface area contributed by atoms with E-state index < -0.39 is 17.6 Å². The Bertz CT molecular complexity index is 1160. The summed E-state index contributed by atoms with van der Waals surface area (Å²) < 4.78 is 6.69.